The molecule has 1 N–H and O–H groups in total. The molecule has 1 atom stereocenters. The van der Waals surface area contributed by atoms with Crippen LogP contribution in [0.1, 0.15) is 17.4 Å². The van der Waals surface area contributed by atoms with Gasteiger partial charge in [-0.25, -0.2) is 15.0 Å². The number of anilines is 2. The lowest BCUT2D eigenvalue weighted by Gasteiger charge is -2.21. The van der Waals surface area contributed by atoms with Crippen LogP contribution in [0.25, 0.3) is 11.0 Å². The minimum atomic E-state index is -0.590. The summed E-state index contributed by atoms with van der Waals surface area (Å²) in [6.07, 6.45) is 5.01. The molecule has 0 saturated heterocycles. The molecular weight excluding hydrogens is 416 g/mol. The van der Waals surface area contributed by atoms with Crippen molar-refractivity contribution in [2.24, 2.45) is 0 Å². The maximum Gasteiger partial charge on any atom is 0.253 e. The minimum absolute atomic E-state index is 0.222. The van der Waals surface area contributed by atoms with Gasteiger partial charge in [0.1, 0.15) is 17.4 Å². The van der Waals surface area contributed by atoms with Gasteiger partial charge in [0.2, 0.25) is 5.95 Å². The van der Waals surface area contributed by atoms with Crippen molar-refractivity contribution in [1.29, 1.82) is 0 Å². The fourth-order valence-electron chi connectivity index (χ4n) is 3.65. The first-order valence-electron chi connectivity index (χ1n) is 10.3. The molecule has 1 unspecified atom stereocenters. The molecule has 0 aliphatic carbocycles. The summed E-state index contributed by atoms with van der Waals surface area (Å²) in [6.45, 7) is 0. The highest BCUT2D eigenvalue weighted by atomic mass is 16.5. The fourth-order valence-corrected chi connectivity index (χ4v) is 3.65. The zero-order valence-electron chi connectivity index (χ0n) is 17.8. The zero-order valence-corrected chi connectivity index (χ0v) is 17.8. The van der Waals surface area contributed by atoms with Crippen LogP contribution in [-0.2, 0) is 0 Å². The summed E-state index contributed by atoms with van der Waals surface area (Å²) >= 11 is 0. The van der Waals surface area contributed by atoms with Crippen LogP contribution in [-0.4, -0.2) is 31.6 Å². The molecule has 8 heteroatoms. The fraction of sp³-hybridized carbons (Fsp3) is 0.0800. The number of ether oxygens (including phenoxy) is 1. The van der Waals surface area contributed by atoms with Gasteiger partial charge in [-0.1, -0.05) is 30.3 Å². The van der Waals surface area contributed by atoms with E-state index in [-0.39, 0.29) is 5.56 Å². The van der Waals surface area contributed by atoms with Crippen molar-refractivity contribution < 1.29 is 4.74 Å². The minimum Gasteiger partial charge on any atom is -0.497 e. The number of benzene rings is 2. The van der Waals surface area contributed by atoms with E-state index in [2.05, 4.69) is 20.3 Å². The molecule has 5 rings (SSSR count). The van der Waals surface area contributed by atoms with Gasteiger partial charge < -0.3 is 10.1 Å². The van der Waals surface area contributed by atoms with E-state index in [0.717, 1.165) is 16.6 Å². The highest BCUT2D eigenvalue weighted by Gasteiger charge is 2.23. The molecule has 0 aliphatic heterocycles. The van der Waals surface area contributed by atoms with E-state index in [0.29, 0.717) is 23.2 Å². The first kappa shape index (κ1) is 20.3. The first-order valence-corrected chi connectivity index (χ1v) is 10.3. The van der Waals surface area contributed by atoms with Crippen molar-refractivity contribution in [1.82, 2.24) is 24.5 Å². The number of fused-ring (bicyclic) bond motifs is 1. The molecule has 0 aliphatic rings. The quantitative estimate of drug-likeness (QED) is 0.430. The predicted octanol–water partition coefficient (Wildman–Crippen LogP) is 3.97. The molecule has 5 aromatic rings. The van der Waals surface area contributed by atoms with E-state index in [4.69, 9.17) is 9.72 Å². The largest absolute Gasteiger partial charge is 0.497 e. The Kier molecular flexibility index (Phi) is 5.47. The van der Waals surface area contributed by atoms with Crippen molar-refractivity contribution in [2.75, 3.05) is 12.4 Å². The molecule has 162 valence electrons. The Morgan fingerprint density at radius 1 is 0.879 bits per heavy atom. The molecule has 0 radical (unpaired) electrons. The van der Waals surface area contributed by atoms with Gasteiger partial charge in [-0.05, 0) is 42.0 Å². The van der Waals surface area contributed by atoms with Gasteiger partial charge in [0.25, 0.3) is 5.56 Å². The maximum absolute atomic E-state index is 13.2. The van der Waals surface area contributed by atoms with Crippen LogP contribution in [0.3, 0.4) is 0 Å². The van der Waals surface area contributed by atoms with Crippen molar-refractivity contribution in [2.45, 2.75) is 6.04 Å². The van der Waals surface area contributed by atoms with Crippen LogP contribution in [0.15, 0.2) is 96.2 Å². The van der Waals surface area contributed by atoms with Crippen LogP contribution in [0, 0.1) is 0 Å². The van der Waals surface area contributed by atoms with Crippen LogP contribution >= 0.6 is 0 Å². The van der Waals surface area contributed by atoms with Crippen molar-refractivity contribution in [3.05, 3.63) is 113 Å². The van der Waals surface area contributed by atoms with Crippen molar-refractivity contribution in [3.63, 3.8) is 0 Å². The molecule has 3 heterocycles. The molecule has 0 saturated carbocycles. The molecule has 2 aromatic carbocycles. The molecule has 33 heavy (non-hydrogen) atoms. The zero-order chi connectivity index (χ0) is 22.6. The van der Waals surface area contributed by atoms with Gasteiger partial charge >= 0.3 is 0 Å². The van der Waals surface area contributed by atoms with Crippen LogP contribution in [0.4, 0.5) is 11.6 Å². The third kappa shape index (κ3) is 4.14. The lowest BCUT2D eigenvalue weighted by atomic mass is 10.0. The summed E-state index contributed by atoms with van der Waals surface area (Å²) in [5.74, 6) is 1.58. The normalized spacial score (nSPS) is 11.8. The summed E-state index contributed by atoms with van der Waals surface area (Å²) in [6, 6.07) is 21.5. The monoisotopic (exact) mass is 436 g/mol. The third-order valence-electron chi connectivity index (χ3n) is 5.22. The Bertz CT molecular complexity index is 1440. The highest BCUT2D eigenvalue weighted by Crippen LogP contribution is 2.27. The van der Waals surface area contributed by atoms with Crippen LogP contribution < -0.4 is 15.6 Å². The second-order valence-electron chi connectivity index (χ2n) is 7.29. The number of rotatable bonds is 6. The number of hydrogen-bond donors (Lipinski definition) is 1. The number of nitrogens with zero attached hydrogens (tertiary/aromatic N) is 5. The molecule has 0 bridgehead atoms. The van der Waals surface area contributed by atoms with E-state index in [1.54, 1.807) is 42.4 Å². The van der Waals surface area contributed by atoms with Gasteiger partial charge in [-0.15, -0.1) is 0 Å². The van der Waals surface area contributed by atoms with Crippen LogP contribution in [0.2, 0.25) is 0 Å². The Morgan fingerprint density at radius 3 is 2.36 bits per heavy atom. The van der Waals surface area contributed by atoms with E-state index >= 15 is 0 Å². The second-order valence-corrected chi connectivity index (χ2v) is 7.29. The predicted molar refractivity (Wildman–Crippen MR) is 126 cm³/mol. The van der Waals surface area contributed by atoms with E-state index in [1.165, 1.54) is 6.07 Å². The van der Waals surface area contributed by atoms with Gasteiger partial charge in [0, 0.05) is 35.7 Å². The number of hydrogen-bond acceptors (Lipinski definition) is 7. The molecule has 0 spiro atoms. The number of methoxy groups -OCH3 is 1. The Labute approximate surface area is 189 Å². The highest BCUT2D eigenvalue weighted by molar-refractivity contribution is 5.76. The molecule has 3 aromatic heterocycles. The van der Waals surface area contributed by atoms with Gasteiger partial charge in [-0.2, -0.15) is 4.98 Å². The third-order valence-corrected chi connectivity index (χ3v) is 5.22. The molecular formula is C25H20N6O2. The standard InChI is InChI=1S/C25H20N6O2/c1-33-20-11-8-17(9-12-20)22(23-26-14-5-15-27-23)31-21(32)13-10-18-16-28-25(30-24(18)31)29-19-6-3-2-4-7-19/h2-16,22H,1H3,(H,28,29,30). The Hall–Kier alpha value is -4.59. The number of nitrogens with one attached hydrogen (secondary N) is 1. The lowest BCUT2D eigenvalue weighted by molar-refractivity contribution is 0.414. The van der Waals surface area contributed by atoms with Crippen molar-refractivity contribution >= 4 is 22.7 Å². The first-order chi connectivity index (χ1) is 16.2. The second kappa shape index (κ2) is 8.88. The molecule has 8 nitrogen and oxygen atoms in total. The summed E-state index contributed by atoms with van der Waals surface area (Å²) in [5.41, 5.74) is 1.93. The summed E-state index contributed by atoms with van der Waals surface area (Å²) in [4.78, 5) is 31.2. The van der Waals surface area contributed by atoms with E-state index in [1.807, 2.05) is 54.6 Å². The molecule has 0 fully saturated rings. The van der Waals surface area contributed by atoms with Gasteiger partial charge in [0.05, 0.1) is 7.11 Å². The average molecular weight is 436 g/mol. The summed E-state index contributed by atoms with van der Waals surface area (Å²) in [7, 11) is 1.61. The molecule has 0 amide bonds. The van der Waals surface area contributed by atoms with E-state index in [9.17, 15) is 4.79 Å². The lowest BCUT2D eigenvalue weighted by Crippen LogP contribution is -2.28. The van der Waals surface area contributed by atoms with Gasteiger partial charge in [0.15, 0.2) is 5.82 Å². The smallest absolute Gasteiger partial charge is 0.253 e. The number of para-hydroxylation sites is 1. The maximum atomic E-state index is 13.2. The van der Waals surface area contributed by atoms with Crippen LogP contribution in [0.5, 0.6) is 5.75 Å². The topological polar surface area (TPSA) is 94.8 Å². The Morgan fingerprint density at radius 2 is 1.64 bits per heavy atom. The van der Waals surface area contributed by atoms with Gasteiger partial charge in [-0.3, -0.25) is 9.36 Å². The average Bonchev–Trinajstić information content (AvgIpc) is 2.87. The number of aromatic nitrogens is 5. The van der Waals surface area contributed by atoms with E-state index < -0.39 is 6.04 Å². The van der Waals surface area contributed by atoms with Crippen molar-refractivity contribution in [3.8, 4) is 5.75 Å². The number of pyridine rings is 1. The Balaban J connectivity index is 1.70. The summed E-state index contributed by atoms with van der Waals surface area (Å²) < 4.78 is 6.90. The summed E-state index contributed by atoms with van der Waals surface area (Å²) in [5, 5.41) is 3.92. The SMILES string of the molecule is COc1ccc(C(c2ncccn2)n2c(=O)ccc3cnc(Nc4ccccc4)nc32)cc1.